The molecule has 12 aromatic rings. The third-order valence-corrected chi connectivity index (χ3v) is 14.4. The van der Waals surface area contributed by atoms with E-state index >= 15 is 0 Å². The fourth-order valence-electron chi connectivity index (χ4n) is 9.35. The van der Waals surface area contributed by atoms with Crippen molar-refractivity contribution in [2.75, 3.05) is 0 Å². The lowest BCUT2D eigenvalue weighted by Gasteiger charge is -2.18. The molecule has 0 aliphatic rings. The van der Waals surface area contributed by atoms with Crippen LogP contribution in [0.15, 0.2) is 285 Å². The van der Waals surface area contributed by atoms with E-state index in [9.17, 15) is 0 Å². The summed E-state index contributed by atoms with van der Waals surface area (Å²) in [6.45, 7) is 28.1. The van der Waals surface area contributed by atoms with Gasteiger partial charge in [-0.25, -0.2) is 0 Å². The molecule has 0 unspecified atom stereocenters. The third kappa shape index (κ3) is 20.4. The van der Waals surface area contributed by atoms with E-state index in [-0.39, 0.29) is 5.41 Å². The molecule has 0 aliphatic heterocycles. The Morgan fingerprint density at radius 3 is 1.17 bits per heavy atom. The maximum absolute atomic E-state index is 2.23. The molecule has 0 amide bonds. The highest BCUT2D eigenvalue weighted by atomic mass is 14.2. The predicted octanol–water partition coefficient (Wildman–Crippen LogP) is 23.5. The van der Waals surface area contributed by atoms with Crippen molar-refractivity contribution in [3.63, 3.8) is 0 Å². The lowest BCUT2D eigenvalue weighted by Crippen LogP contribution is -2.10. The molecule has 12 aromatic carbocycles. The van der Waals surface area contributed by atoms with Crippen LogP contribution in [0.2, 0.25) is 0 Å². The monoisotopic (exact) mass is 1070 g/mol. The van der Waals surface area contributed by atoms with Gasteiger partial charge in [-0.2, -0.15) is 0 Å². The Hall–Kier alpha value is -8.84. The number of rotatable bonds is 3. The molecule has 0 N–H and O–H groups in total. The van der Waals surface area contributed by atoms with Gasteiger partial charge in [-0.1, -0.05) is 334 Å². The largest absolute Gasteiger partial charge is 0.0622 e. The van der Waals surface area contributed by atoms with Crippen molar-refractivity contribution >= 4 is 21.5 Å². The van der Waals surface area contributed by atoms with Crippen molar-refractivity contribution in [3.8, 4) is 33.4 Å². The van der Waals surface area contributed by atoms with Crippen LogP contribution in [-0.2, 0) is 5.41 Å². The quantitative estimate of drug-likeness (QED) is 0.165. The van der Waals surface area contributed by atoms with Crippen LogP contribution in [0.1, 0.15) is 82.0 Å². The van der Waals surface area contributed by atoms with E-state index in [1.54, 1.807) is 0 Å². The summed E-state index contributed by atoms with van der Waals surface area (Å²) in [4.78, 5) is 0. The summed E-state index contributed by atoms with van der Waals surface area (Å²) < 4.78 is 0. The van der Waals surface area contributed by atoms with E-state index in [1.165, 1.54) is 116 Å². The highest BCUT2D eigenvalue weighted by Gasteiger charge is 2.12. The van der Waals surface area contributed by atoms with Gasteiger partial charge in [0.2, 0.25) is 0 Å². The minimum absolute atomic E-state index is 0.285. The highest BCUT2D eigenvalue weighted by molar-refractivity contribution is 5.85. The molecule has 0 heterocycles. The smallest absolute Gasteiger partial charge is 0.0132 e. The topological polar surface area (TPSA) is 0 Å². The minimum Gasteiger partial charge on any atom is -0.0622 e. The summed E-state index contributed by atoms with van der Waals surface area (Å²) >= 11 is 0. The molecule has 0 fully saturated rings. The zero-order valence-corrected chi connectivity index (χ0v) is 51.1. The van der Waals surface area contributed by atoms with Gasteiger partial charge in [-0.05, 0) is 163 Å². The van der Waals surface area contributed by atoms with Crippen LogP contribution in [0.4, 0.5) is 0 Å². The van der Waals surface area contributed by atoms with E-state index < -0.39 is 0 Å². The van der Waals surface area contributed by atoms with Gasteiger partial charge < -0.3 is 0 Å². The van der Waals surface area contributed by atoms with Crippen LogP contribution in [0.5, 0.6) is 0 Å². The Morgan fingerprint density at radius 1 is 0.220 bits per heavy atom. The second kappa shape index (κ2) is 31.8. The molecule has 0 aromatic heterocycles. The molecular weight excluding hydrogens is 985 g/mol. The number of aryl methyl sites for hydroxylation is 9. The zero-order chi connectivity index (χ0) is 58.9. The number of hydrogen-bond acceptors (Lipinski definition) is 0. The lowest BCUT2D eigenvalue weighted by molar-refractivity contribution is 0.590. The fraction of sp³-hybridized carbons (Fsp3) is 0.171. The molecule has 0 aliphatic carbocycles. The van der Waals surface area contributed by atoms with Crippen molar-refractivity contribution in [2.45, 2.75) is 95.4 Å². The van der Waals surface area contributed by atoms with E-state index in [2.05, 4.69) is 357 Å². The molecule has 0 saturated carbocycles. The number of benzene rings is 12. The second-order valence-corrected chi connectivity index (χ2v) is 22.4. The molecule has 0 radical (unpaired) electrons. The number of fused-ring (bicyclic) bond motifs is 2. The Bertz CT molecular complexity index is 3750. The van der Waals surface area contributed by atoms with Crippen LogP contribution in [0.3, 0.4) is 0 Å². The first-order chi connectivity index (χ1) is 39.4. The molecule has 0 atom stereocenters. The minimum atomic E-state index is 0.285. The van der Waals surface area contributed by atoms with Gasteiger partial charge in [0.1, 0.15) is 0 Å². The van der Waals surface area contributed by atoms with E-state index in [4.69, 9.17) is 0 Å². The van der Waals surface area contributed by atoms with E-state index in [1.807, 2.05) is 18.2 Å². The Labute approximate surface area is 493 Å². The van der Waals surface area contributed by atoms with Gasteiger partial charge in [0.05, 0.1) is 0 Å². The van der Waals surface area contributed by atoms with Crippen molar-refractivity contribution in [1.29, 1.82) is 0 Å². The van der Waals surface area contributed by atoms with Gasteiger partial charge in [0.25, 0.3) is 0 Å². The second-order valence-electron chi connectivity index (χ2n) is 22.4. The van der Waals surface area contributed by atoms with Crippen LogP contribution in [0, 0.1) is 69.2 Å². The Kier molecular flexibility index (Phi) is 24.2. The zero-order valence-electron chi connectivity index (χ0n) is 51.1. The first-order valence-electron chi connectivity index (χ1n) is 28.8. The van der Waals surface area contributed by atoms with Crippen molar-refractivity contribution in [3.05, 3.63) is 346 Å². The van der Waals surface area contributed by atoms with Gasteiger partial charge >= 0.3 is 0 Å². The van der Waals surface area contributed by atoms with Gasteiger partial charge in [0, 0.05) is 0 Å². The Balaban J connectivity index is 0.000000154. The molecule has 0 nitrogen and oxygen atoms in total. The highest BCUT2D eigenvalue weighted by Crippen LogP contribution is 2.25. The predicted molar refractivity (Wildman–Crippen MR) is 362 cm³/mol. The third-order valence-electron chi connectivity index (χ3n) is 14.4. The molecule has 82 heavy (non-hydrogen) atoms. The van der Waals surface area contributed by atoms with Crippen molar-refractivity contribution < 1.29 is 0 Å². The first kappa shape index (κ1) is 62.4. The molecule has 12 rings (SSSR count). The fourth-order valence-corrected chi connectivity index (χ4v) is 9.35. The number of hydrogen-bond donors (Lipinski definition) is 0. The van der Waals surface area contributed by atoms with Gasteiger partial charge in [0.15, 0.2) is 0 Å². The molecule has 0 heteroatoms. The normalized spacial score (nSPS) is 10.3. The summed E-state index contributed by atoms with van der Waals surface area (Å²) in [6.07, 6.45) is 0. The molecule has 414 valence electrons. The van der Waals surface area contributed by atoms with E-state index in [0.29, 0.717) is 0 Å². The van der Waals surface area contributed by atoms with Gasteiger partial charge in [-0.15, -0.1) is 0 Å². The van der Waals surface area contributed by atoms with Crippen molar-refractivity contribution in [2.24, 2.45) is 0 Å². The molecule has 0 spiro atoms. The van der Waals surface area contributed by atoms with E-state index in [0.717, 1.165) is 0 Å². The maximum Gasteiger partial charge on any atom is -0.0132 e. The lowest BCUT2D eigenvalue weighted by atomic mass is 9.87. The first-order valence-corrected chi connectivity index (χ1v) is 28.8. The molecular formula is C82H86. The molecule has 0 saturated heterocycles. The average Bonchev–Trinajstić information content (AvgIpc) is 3.49. The maximum atomic E-state index is 2.23. The summed E-state index contributed by atoms with van der Waals surface area (Å²) in [5, 5.41) is 5.33. The summed E-state index contributed by atoms with van der Waals surface area (Å²) in [5.41, 5.74) is 23.0. The standard InChI is InChI=1S/3C13H12.2C11H10.C11H16.C10H14/c1-11-7-5-6-10-13(11)12-8-3-2-4-9-12;1-11-6-5-9-13(10-11)12-7-3-2-4-8-12;1-11-7-9-13(10-8-11)12-5-3-2-4-6-12;1-9-5-4-7-10-6-2-3-8-11(9)10;1-9-6-7-10-4-2-3-5-11(10)8-9;1-9-5-7-10(8-6-9)11(2,3)4;1-7-5-8(2)10(4)9(3)6-7/h3*2-10H,1H3;2*2-8H,1H3;5-8H,1-4H3;5-6H,1-4H3. The van der Waals surface area contributed by atoms with Crippen LogP contribution in [0.25, 0.3) is 54.9 Å². The van der Waals surface area contributed by atoms with Crippen molar-refractivity contribution in [1.82, 2.24) is 0 Å². The Morgan fingerprint density at radius 2 is 0.622 bits per heavy atom. The van der Waals surface area contributed by atoms with Gasteiger partial charge in [-0.3, -0.25) is 0 Å². The van der Waals surface area contributed by atoms with Crippen LogP contribution < -0.4 is 0 Å². The SMILES string of the molecule is Cc1cc(C)c(C)c(C)c1.Cc1ccc(-c2ccccc2)cc1.Cc1ccc(C(C)(C)C)cc1.Cc1ccc2ccccc2c1.Cc1cccc(-c2ccccc2)c1.Cc1cccc2ccccc12.Cc1ccccc1-c1ccccc1. The molecule has 0 bridgehead atoms. The summed E-state index contributed by atoms with van der Waals surface area (Å²) in [7, 11) is 0. The van der Waals surface area contributed by atoms with Crippen LogP contribution >= 0.6 is 0 Å². The van der Waals surface area contributed by atoms with Crippen LogP contribution in [-0.4, -0.2) is 0 Å². The summed E-state index contributed by atoms with van der Waals surface area (Å²) in [5.74, 6) is 0. The summed E-state index contributed by atoms with van der Waals surface area (Å²) in [6, 6.07) is 99.9. The average molecular weight is 1070 g/mol.